The first kappa shape index (κ1) is 17.9. The molecule has 148 valence electrons. The number of phenolic OH excluding ortho intramolecular Hbond substituents is 1. The fraction of sp³-hybridized carbons (Fsp3) is 0.318. The summed E-state index contributed by atoms with van der Waals surface area (Å²) in [5.74, 6) is 1.93. The van der Waals surface area contributed by atoms with Crippen molar-refractivity contribution in [3.8, 4) is 17.0 Å². The molecule has 1 saturated heterocycles. The van der Waals surface area contributed by atoms with E-state index in [2.05, 4.69) is 14.8 Å². The molecule has 2 aliphatic rings. The number of anilines is 3. The van der Waals surface area contributed by atoms with Crippen LogP contribution in [0.3, 0.4) is 0 Å². The van der Waals surface area contributed by atoms with Gasteiger partial charge in [-0.1, -0.05) is 12.1 Å². The molecule has 3 aromatic rings. The molecule has 0 spiro atoms. The van der Waals surface area contributed by atoms with Gasteiger partial charge in [-0.3, -0.25) is 4.98 Å². The minimum absolute atomic E-state index is 0.284. The van der Waals surface area contributed by atoms with Crippen molar-refractivity contribution >= 4 is 17.5 Å². The van der Waals surface area contributed by atoms with Gasteiger partial charge in [0.05, 0.1) is 18.9 Å². The van der Waals surface area contributed by atoms with Crippen LogP contribution in [0.4, 0.5) is 17.5 Å². The van der Waals surface area contributed by atoms with E-state index in [4.69, 9.17) is 14.7 Å². The predicted molar refractivity (Wildman–Crippen MR) is 112 cm³/mol. The lowest BCUT2D eigenvalue weighted by Gasteiger charge is -2.28. The summed E-state index contributed by atoms with van der Waals surface area (Å²) in [5.41, 5.74) is 4.85. The van der Waals surface area contributed by atoms with Crippen LogP contribution < -0.4 is 9.80 Å². The first-order valence-corrected chi connectivity index (χ1v) is 9.92. The second-order valence-corrected chi connectivity index (χ2v) is 7.38. The van der Waals surface area contributed by atoms with Gasteiger partial charge in [0.1, 0.15) is 11.6 Å². The van der Waals surface area contributed by atoms with Crippen molar-refractivity contribution in [3.63, 3.8) is 0 Å². The highest BCUT2D eigenvalue weighted by Gasteiger charge is 2.29. The molecule has 4 heterocycles. The van der Waals surface area contributed by atoms with Crippen molar-refractivity contribution in [2.75, 3.05) is 42.6 Å². The average Bonchev–Trinajstić information content (AvgIpc) is 3.20. The molecule has 0 unspecified atom stereocenters. The first-order valence-electron chi connectivity index (χ1n) is 9.92. The van der Waals surface area contributed by atoms with Crippen molar-refractivity contribution in [1.82, 2.24) is 15.0 Å². The summed E-state index contributed by atoms with van der Waals surface area (Å²) in [6.45, 7) is 5.63. The molecule has 0 atom stereocenters. The zero-order valence-electron chi connectivity index (χ0n) is 16.4. The second kappa shape index (κ2) is 7.33. The van der Waals surface area contributed by atoms with Crippen molar-refractivity contribution in [2.45, 2.75) is 13.3 Å². The highest BCUT2D eigenvalue weighted by Crippen LogP contribution is 2.39. The Morgan fingerprint density at radius 3 is 2.55 bits per heavy atom. The van der Waals surface area contributed by atoms with Gasteiger partial charge in [0, 0.05) is 48.8 Å². The maximum absolute atomic E-state index is 10.3. The Morgan fingerprint density at radius 2 is 1.79 bits per heavy atom. The topological polar surface area (TPSA) is 74.6 Å². The maximum Gasteiger partial charge on any atom is 0.228 e. The number of aromatic nitrogens is 3. The summed E-state index contributed by atoms with van der Waals surface area (Å²) in [5, 5.41) is 10.3. The summed E-state index contributed by atoms with van der Waals surface area (Å²) >= 11 is 0. The van der Waals surface area contributed by atoms with E-state index < -0.39 is 0 Å². The predicted octanol–water partition coefficient (Wildman–Crippen LogP) is 3.08. The molecule has 0 saturated carbocycles. The highest BCUT2D eigenvalue weighted by molar-refractivity contribution is 5.77. The molecule has 1 fully saturated rings. The second-order valence-electron chi connectivity index (χ2n) is 7.38. The largest absolute Gasteiger partial charge is 0.508 e. The summed E-state index contributed by atoms with van der Waals surface area (Å²) in [7, 11) is 0. The summed E-state index contributed by atoms with van der Waals surface area (Å²) in [6, 6.07) is 9.77. The van der Waals surface area contributed by atoms with Gasteiger partial charge in [0.2, 0.25) is 5.95 Å². The number of hydrogen-bond donors (Lipinski definition) is 1. The van der Waals surface area contributed by atoms with Gasteiger partial charge >= 0.3 is 0 Å². The van der Waals surface area contributed by atoms with E-state index in [1.54, 1.807) is 18.5 Å². The standard InChI is InChI=1S/C22H23N5O2/c1-15-2-3-16(14-19(15)28)20-18-6-9-27(17-4-7-23-8-5-17)21(18)25-22(24-20)26-10-12-29-13-11-26/h2-5,7-8,14,28H,6,9-13H2,1H3. The Labute approximate surface area is 169 Å². The molecule has 5 rings (SSSR count). The number of nitrogens with zero attached hydrogens (tertiary/aromatic N) is 5. The van der Waals surface area contributed by atoms with Crippen LogP contribution in [0.25, 0.3) is 11.3 Å². The molecule has 0 bridgehead atoms. The van der Waals surface area contributed by atoms with Crippen LogP contribution in [0, 0.1) is 6.92 Å². The van der Waals surface area contributed by atoms with Gasteiger partial charge in [0.25, 0.3) is 0 Å². The summed E-state index contributed by atoms with van der Waals surface area (Å²) < 4.78 is 5.50. The average molecular weight is 389 g/mol. The van der Waals surface area contributed by atoms with Crippen LogP contribution in [-0.2, 0) is 11.2 Å². The van der Waals surface area contributed by atoms with Crippen LogP contribution in [-0.4, -0.2) is 52.9 Å². The third-order valence-electron chi connectivity index (χ3n) is 5.57. The zero-order valence-corrected chi connectivity index (χ0v) is 16.4. The number of aromatic hydroxyl groups is 1. The van der Waals surface area contributed by atoms with Gasteiger partial charge < -0.3 is 19.6 Å². The van der Waals surface area contributed by atoms with Gasteiger partial charge in [-0.25, -0.2) is 4.98 Å². The SMILES string of the molecule is Cc1ccc(-c2nc(N3CCOCC3)nc3c2CCN3c2ccncc2)cc1O. The molecule has 2 aromatic heterocycles. The number of benzene rings is 1. The van der Waals surface area contributed by atoms with E-state index in [-0.39, 0.29) is 5.75 Å². The fourth-order valence-corrected chi connectivity index (χ4v) is 3.92. The molecule has 0 radical (unpaired) electrons. The van der Waals surface area contributed by atoms with Crippen molar-refractivity contribution in [1.29, 1.82) is 0 Å². The number of aryl methyl sites for hydroxylation is 1. The number of rotatable bonds is 3. The van der Waals surface area contributed by atoms with Crippen LogP contribution >= 0.6 is 0 Å². The number of phenols is 1. The lowest BCUT2D eigenvalue weighted by molar-refractivity contribution is 0.122. The lowest BCUT2D eigenvalue weighted by Crippen LogP contribution is -2.37. The minimum atomic E-state index is 0.284. The first-order chi connectivity index (χ1) is 14.2. The van der Waals surface area contributed by atoms with E-state index in [1.807, 2.05) is 31.2 Å². The summed E-state index contributed by atoms with van der Waals surface area (Å²) in [6.07, 6.45) is 4.46. The minimum Gasteiger partial charge on any atom is -0.508 e. The van der Waals surface area contributed by atoms with Gasteiger partial charge in [-0.05, 0) is 37.1 Å². The molecule has 29 heavy (non-hydrogen) atoms. The number of fused-ring (bicyclic) bond motifs is 1. The van der Waals surface area contributed by atoms with Gasteiger partial charge in [-0.15, -0.1) is 0 Å². The molecular formula is C22H23N5O2. The Balaban J connectivity index is 1.66. The Bertz CT molecular complexity index is 1030. The van der Waals surface area contributed by atoms with E-state index in [9.17, 15) is 5.11 Å². The molecule has 7 heteroatoms. The van der Waals surface area contributed by atoms with Crippen LogP contribution in [0.1, 0.15) is 11.1 Å². The molecule has 7 nitrogen and oxygen atoms in total. The monoisotopic (exact) mass is 389 g/mol. The molecule has 0 amide bonds. The molecule has 1 N–H and O–H groups in total. The lowest BCUT2D eigenvalue weighted by atomic mass is 10.0. The van der Waals surface area contributed by atoms with Crippen molar-refractivity contribution < 1.29 is 9.84 Å². The van der Waals surface area contributed by atoms with Crippen LogP contribution in [0.15, 0.2) is 42.7 Å². The highest BCUT2D eigenvalue weighted by atomic mass is 16.5. The third-order valence-corrected chi connectivity index (χ3v) is 5.57. The van der Waals surface area contributed by atoms with E-state index >= 15 is 0 Å². The van der Waals surface area contributed by atoms with E-state index in [0.717, 1.165) is 59.9 Å². The van der Waals surface area contributed by atoms with E-state index in [0.29, 0.717) is 19.2 Å². The quantitative estimate of drug-likeness (QED) is 0.738. The van der Waals surface area contributed by atoms with Crippen LogP contribution in [0.2, 0.25) is 0 Å². The Kier molecular flexibility index (Phi) is 4.52. The fourth-order valence-electron chi connectivity index (χ4n) is 3.92. The third kappa shape index (κ3) is 3.27. The molecule has 1 aromatic carbocycles. The smallest absolute Gasteiger partial charge is 0.228 e. The van der Waals surface area contributed by atoms with Gasteiger partial charge in [-0.2, -0.15) is 4.98 Å². The number of hydrogen-bond acceptors (Lipinski definition) is 7. The molecular weight excluding hydrogens is 366 g/mol. The van der Waals surface area contributed by atoms with E-state index in [1.165, 1.54) is 0 Å². The molecule has 2 aliphatic heterocycles. The zero-order chi connectivity index (χ0) is 19.8. The van der Waals surface area contributed by atoms with Crippen LogP contribution in [0.5, 0.6) is 5.75 Å². The Hall–Kier alpha value is -3.19. The van der Waals surface area contributed by atoms with Gasteiger partial charge in [0.15, 0.2) is 0 Å². The maximum atomic E-state index is 10.3. The molecule has 0 aliphatic carbocycles. The number of pyridine rings is 1. The summed E-state index contributed by atoms with van der Waals surface area (Å²) in [4.78, 5) is 18.4. The normalized spacial score (nSPS) is 16.2. The number of ether oxygens (including phenoxy) is 1. The Morgan fingerprint density at radius 1 is 1.00 bits per heavy atom. The van der Waals surface area contributed by atoms with Crippen molar-refractivity contribution in [3.05, 3.63) is 53.9 Å². The van der Waals surface area contributed by atoms with Crippen molar-refractivity contribution in [2.24, 2.45) is 0 Å². The number of morpholine rings is 1.